The predicted molar refractivity (Wildman–Crippen MR) is 80.2 cm³/mol. The maximum absolute atomic E-state index is 12.2. The minimum Gasteiger partial charge on any atom is -0.371 e. The fraction of sp³-hybridized carbons (Fsp3) is 0.500. The van der Waals surface area contributed by atoms with Gasteiger partial charge in [-0.25, -0.2) is 0 Å². The molecular formula is C16H20N2O3. The second-order valence-electron chi connectivity index (χ2n) is 5.76. The Hall–Kier alpha value is -1.88. The van der Waals surface area contributed by atoms with Gasteiger partial charge in [0.1, 0.15) is 6.10 Å². The molecule has 2 N–H and O–H groups in total. The number of ether oxygens (including phenoxy) is 1. The van der Waals surface area contributed by atoms with Gasteiger partial charge in [-0.15, -0.1) is 0 Å². The molecular weight excluding hydrogens is 268 g/mol. The van der Waals surface area contributed by atoms with E-state index in [1.165, 1.54) is 0 Å². The first-order valence-electron chi connectivity index (χ1n) is 7.44. The number of amides is 2. The molecule has 0 unspecified atom stereocenters. The van der Waals surface area contributed by atoms with E-state index in [4.69, 9.17) is 4.74 Å². The Balaban J connectivity index is 1.73. The molecule has 2 aliphatic rings. The predicted octanol–water partition coefficient (Wildman–Crippen LogP) is 2.32. The molecule has 1 aromatic rings. The van der Waals surface area contributed by atoms with Gasteiger partial charge >= 0.3 is 0 Å². The van der Waals surface area contributed by atoms with E-state index < -0.39 is 0 Å². The molecule has 0 bridgehead atoms. The lowest BCUT2D eigenvalue weighted by molar-refractivity contribution is -0.126. The number of carbonyl (C=O) groups is 2. The third-order valence-electron chi connectivity index (χ3n) is 4.06. The molecule has 5 heteroatoms. The van der Waals surface area contributed by atoms with Crippen molar-refractivity contribution < 1.29 is 14.3 Å². The normalized spacial score (nSPS) is 19.2. The van der Waals surface area contributed by atoms with Crippen LogP contribution in [0.5, 0.6) is 0 Å². The second kappa shape index (κ2) is 5.85. The van der Waals surface area contributed by atoms with Gasteiger partial charge in [0.05, 0.1) is 0 Å². The molecule has 0 saturated heterocycles. The highest BCUT2D eigenvalue weighted by atomic mass is 16.5. The van der Waals surface area contributed by atoms with Gasteiger partial charge < -0.3 is 15.4 Å². The summed E-state index contributed by atoms with van der Waals surface area (Å²) in [4.78, 5) is 23.7. The van der Waals surface area contributed by atoms with Crippen molar-refractivity contribution in [2.75, 3.05) is 17.7 Å². The Kier molecular flexibility index (Phi) is 3.92. The van der Waals surface area contributed by atoms with Gasteiger partial charge in [0.15, 0.2) is 0 Å². The van der Waals surface area contributed by atoms with Crippen molar-refractivity contribution >= 4 is 23.2 Å². The van der Waals surface area contributed by atoms with E-state index in [-0.39, 0.29) is 17.9 Å². The number of aryl methyl sites for hydroxylation is 1. The monoisotopic (exact) mass is 288 g/mol. The molecule has 2 amide bonds. The van der Waals surface area contributed by atoms with Gasteiger partial charge in [0.2, 0.25) is 5.91 Å². The van der Waals surface area contributed by atoms with Crippen molar-refractivity contribution in [3.63, 3.8) is 0 Å². The zero-order valence-corrected chi connectivity index (χ0v) is 12.1. The molecule has 3 rings (SSSR count). The quantitative estimate of drug-likeness (QED) is 0.893. The fourth-order valence-electron chi connectivity index (χ4n) is 2.78. The average molecular weight is 288 g/mol. The SMILES string of the molecule is CO[C@H](C(=O)Nc1ccc2c(c1)CCCC(=O)N2)C1CC1. The Bertz CT molecular complexity index is 567. The first kappa shape index (κ1) is 14.1. The van der Waals surface area contributed by atoms with Crippen LogP contribution in [0.4, 0.5) is 11.4 Å². The van der Waals surface area contributed by atoms with Crippen LogP contribution in [0, 0.1) is 5.92 Å². The topological polar surface area (TPSA) is 67.4 Å². The Morgan fingerprint density at radius 1 is 1.38 bits per heavy atom. The molecule has 5 nitrogen and oxygen atoms in total. The lowest BCUT2D eigenvalue weighted by atomic mass is 10.1. The zero-order valence-electron chi connectivity index (χ0n) is 12.1. The molecule has 1 heterocycles. The summed E-state index contributed by atoms with van der Waals surface area (Å²) in [7, 11) is 1.58. The largest absolute Gasteiger partial charge is 0.371 e. The molecule has 1 aliphatic heterocycles. The molecule has 112 valence electrons. The standard InChI is InChI=1S/C16H20N2O3/c1-21-15(10-5-6-10)16(20)17-12-7-8-13-11(9-12)3-2-4-14(19)18-13/h7-10,15H,2-6H2,1H3,(H,17,20)(H,18,19)/t15-/m0/s1. The first-order chi connectivity index (χ1) is 10.2. The van der Waals surface area contributed by atoms with Crippen molar-refractivity contribution in [2.24, 2.45) is 5.92 Å². The van der Waals surface area contributed by atoms with E-state index in [0.29, 0.717) is 12.3 Å². The smallest absolute Gasteiger partial charge is 0.253 e. The van der Waals surface area contributed by atoms with Crippen LogP contribution in [-0.2, 0) is 20.7 Å². The van der Waals surface area contributed by atoms with Crippen LogP contribution in [0.15, 0.2) is 18.2 Å². The maximum Gasteiger partial charge on any atom is 0.253 e. The molecule has 21 heavy (non-hydrogen) atoms. The molecule has 1 atom stereocenters. The van der Waals surface area contributed by atoms with Gasteiger partial charge in [0.25, 0.3) is 5.91 Å². The zero-order chi connectivity index (χ0) is 14.8. The summed E-state index contributed by atoms with van der Waals surface area (Å²) in [5.41, 5.74) is 2.68. The third kappa shape index (κ3) is 3.24. The average Bonchev–Trinajstić information content (AvgIpc) is 3.27. The van der Waals surface area contributed by atoms with Crippen molar-refractivity contribution in [1.82, 2.24) is 0 Å². The van der Waals surface area contributed by atoms with E-state index in [9.17, 15) is 9.59 Å². The molecule has 1 aromatic carbocycles. The highest BCUT2D eigenvalue weighted by molar-refractivity contribution is 5.96. The van der Waals surface area contributed by atoms with Crippen LogP contribution in [0.1, 0.15) is 31.2 Å². The fourth-order valence-corrected chi connectivity index (χ4v) is 2.78. The van der Waals surface area contributed by atoms with E-state index in [1.807, 2.05) is 18.2 Å². The Labute approximate surface area is 124 Å². The van der Waals surface area contributed by atoms with Gasteiger partial charge in [-0.3, -0.25) is 9.59 Å². The molecule has 0 radical (unpaired) electrons. The summed E-state index contributed by atoms with van der Waals surface area (Å²) in [6.45, 7) is 0. The first-order valence-corrected chi connectivity index (χ1v) is 7.44. The molecule has 1 aliphatic carbocycles. The third-order valence-corrected chi connectivity index (χ3v) is 4.06. The van der Waals surface area contributed by atoms with Crippen molar-refractivity contribution in [3.05, 3.63) is 23.8 Å². The van der Waals surface area contributed by atoms with Crippen LogP contribution in [0.25, 0.3) is 0 Å². The molecule has 0 spiro atoms. The van der Waals surface area contributed by atoms with Crippen LogP contribution >= 0.6 is 0 Å². The Morgan fingerprint density at radius 2 is 2.19 bits per heavy atom. The second-order valence-corrected chi connectivity index (χ2v) is 5.76. The highest BCUT2D eigenvalue weighted by Gasteiger charge is 2.36. The summed E-state index contributed by atoms with van der Waals surface area (Å²) in [6.07, 6.45) is 3.98. The summed E-state index contributed by atoms with van der Waals surface area (Å²) in [5, 5.41) is 5.81. The van der Waals surface area contributed by atoms with Gasteiger partial charge in [-0.05, 0) is 55.4 Å². The molecule has 1 fully saturated rings. The summed E-state index contributed by atoms with van der Waals surface area (Å²) < 4.78 is 5.29. The number of carbonyl (C=O) groups excluding carboxylic acids is 2. The number of fused-ring (bicyclic) bond motifs is 1. The lowest BCUT2D eigenvalue weighted by Gasteiger charge is -2.15. The van der Waals surface area contributed by atoms with Crippen molar-refractivity contribution in [1.29, 1.82) is 0 Å². The summed E-state index contributed by atoms with van der Waals surface area (Å²) in [5.74, 6) is 0.325. The van der Waals surface area contributed by atoms with Crippen molar-refractivity contribution in [3.8, 4) is 0 Å². The summed E-state index contributed by atoms with van der Waals surface area (Å²) in [6, 6.07) is 5.62. The lowest BCUT2D eigenvalue weighted by Crippen LogP contribution is -2.31. The molecule has 0 aromatic heterocycles. The van der Waals surface area contributed by atoms with Gasteiger partial charge in [-0.2, -0.15) is 0 Å². The van der Waals surface area contributed by atoms with Crippen LogP contribution in [0.2, 0.25) is 0 Å². The van der Waals surface area contributed by atoms with Gasteiger partial charge in [-0.1, -0.05) is 0 Å². The number of methoxy groups -OCH3 is 1. The van der Waals surface area contributed by atoms with E-state index in [1.54, 1.807) is 7.11 Å². The summed E-state index contributed by atoms with van der Waals surface area (Å²) >= 11 is 0. The van der Waals surface area contributed by atoms with E-state index >= 15 is 0 Å². The van der Waals surface area contributed by atoms with Crippen LogP contribution in [0.3, 0.4) is 0 Å². The van der Waals surface area contributed by atoms with Crippen LogP contribution < -0.4 is 10.6 Å². The number of hydrogen-bond donors (Lipinski definition) is 2. The Morgan fingerprint density at radius 3 is 2.90 bits per heavy atom. The maximum atomic E-state index is 12.2. The number of rotatable bonds is 4. The number of nitrogens with one attached hydrogen (secondary N) is 2. The minimum atomic E-state index is -0.358. The van der Waals surface area contributed by atoms with E-state index in [0.717, 1.165) is 42.6 Å². The number of hydrogen-bond acceptors (Lipinski definition) is 3. The number of benzene rings is 1. The number of anilines is 2. The highest BCUT2D eigenvalue weighted by Crippen LogP contribution is 2.34. The molecule has 1 saturated carbocycles. The van der Waals surface area contributed by atoms with Crippen LogP contribution in [-0.4, -0.2) is 25.0 Å². The van der Waals surface area contributed by atoms with E-state index in [2.05, 4.69) is 10.6 Å². The van der Waals surface area contributed by atoms with Gasteiger partial charge in [0, 0.05) is 24.9 Å². The minimum absolute atomic E-state index is 0.0544. The van der Waals surface area contributed by atoms with Crippen molar-refractivity contribution in [2.45, 2.75) is 38.2 Å².